The molecule has 0 radical (unpaired) electrons. The summed E-state index contributed by atoms with van der Waals surface area (Å²) >= 11 is 0. The van der Waals surface area contributed by atoms with Crippen molar-refractivity contribution in [3.8, 4) is 0 Å². The van der Waals surface area contributed by atoms with E-state index in [1.54, 1.807) is 0 Å². The Bertz CT molecular complexity index is 74.6. The quantitative estimate of drug-likeness (QED) is 0.497. The third kappa shape index (κ3) is 3.29. The highest BCUT2D eigenvalue weighted by Crippen LogP contribution is 2.02. The largest absolute Gasteiger partial charge is 0.363 e. The van der Waals surface area contributed by atoms with E-state index in [4.69, 9.17) is 0 Å². The minimum Gasteiger partial charge on any atom is -0.363 e. The molecule has 0 N–H and O–H groups in total. The summed E-state index contributed by atoms with van der Waals surface area (Å²) in [7, 11) is 1.94. The Morgan fingerprint density at radius 3 is 1.30 bits per heavy atom. The van der Waals surface area contributed by atoms with Crippen molar-refractivity contribution in [2.45, 2.75) is 31.5 Å². The zero-order chi connectivity index (χ0) is 8.31. The molecule has 0 spiro atoms. The van der Waals surface area contributed by atoms with Gasteiger partial charge in [0.15, 0.2) is 0 Å². The molecule has 0 bridgehead atoms. The van der Waals surface area contributed by atoms with Crippen LogP contribution in [0.15, 0.2) is 0 Å². The first-order valence-corrected chi connectivity index (χ1v) is 11.9. The lowest BCUT2D eigenvalue weighted by Gasteiger charge is -2.30. The molecule has 0 heterocycles. The highest BCUT2D eigenvalue weighted by molar-refractivity contribution is 6.78. The second-order valence-corrected chi connectivity index (χ2v) is 15.7. The fourth-order valence-corrected chi connectivity index (χ4v) is 17.7. The van der Waals surface area contributed by atoms with Crippen LogP contribution in [0.4, 0.5) is 0 Å². The van der Waals surface area contributed by atoms with Gasteiger partial charge >= 0.3 is 0 Å². The van der Waals surface area contributed by atoms with Crippen molar-refractivity contribution in [2.75, 3.05) is 0 Å². The van der Waals surface area contributed by atoms with Gasteiger partial charge in [-0.2, -0.15) is 0 Å². The molecular weight excluding hydrogens is 186 g/mol. The van der Waals surface area contributed by atoms with E-state index in [2.05, 4.69) is 30.4 Å². The minimum absolute atomic E-state index is 0.344. The van der Waals surface area contributed by atoms with Gasteiger partial charge in [-0.25, -0.2) is 0 Å². The van der Waals surface area contributed by atoms with Crippen LogP contribution >= 0.6 is 0 Å². The van der Waals surface area contributed by atoms with Crippen LogP contribution in [0.5, 0.6) is 0 Å². The van der Waals surface area contributed by atoms with E-state index < -0.39 is 0 Å². The zero-order valence-corrected chi connectivity index (χ0v) is 14.5. The molecule has 62 valence electrons. The summed E-state index contributed by atoms with van der Waals surface area (Å²) < 4.78 is 2.72. The lowest BCUT2D eigenvalue weighted by atomic mass is 11.4. The van der Waals surface area contributed by atoms with Crippen molar-refractivity contribution in [3.63, 3.8) is 0 Å². The van der Waals surface area contributed by atoms with Crippen LogP contribution < -0.4 is 0 Å². The smallest absolute Gasteiger partial charge is 0.0695 e. The van der Waals surface area contributed by atoms with Crippen LogP contribution in [0.25, 0.3) is 0 Å². The lowest BCUT2D eigenvalue weighted by Crippen LogP contribution is -2.49. The van der Waals surface area contributed by atoms with Gasteiger partial charge in [0, 0.05) is 17.6 Å². The van der Waals surface area contributed by atoms with Gasteiger partial charge in [0.05, 0.1) is 20.8 Å². The predicted octanol–water partition coefficient (Wildman–Crippen LogP) is -1.73. The summed E-state index contributed by atoms with van der Waals surface area (Å²) in [6.07, 6.45) is 0. The van der Waals surface area contributed by atoms with E-state index in [9.17, 15) is 0 Å². The number of hydrogen-bond donors (Lipinski definition) is 0. The molecule has 0 aliphatic heterocycles. The van der Waals surface area contributed by atoms with E-state index in [0.29, 0.717) is 0 Å². The summed E-state index contributed by atoms with van der Waals surface area (Å²) in [5, 5.41) is 1.12. The molecule has 0 aliphatic carbocycles. The van der Waals surface area contributed by atoms with Crippen molar-refractivity contribution in [2.24, 2.45) is 0 Å². The molecule has 0 saturated carbocycles. The normalized spacial score (nSPS) is 13.2. The second kappa shape index (κ2) is 4.65. The Hall–Kier alpha value is 0.828. The molecule has 0 aliphatic rings. The molecule has 0 unspecified atom stereocenters. The van der Waals surface area contributed by atoms with Gasteiger partial charge in [0.1, 0.15) is 0 Å². The van der Waals surface area contributed by atoms with Crippen LogP contribution in [-0.4, -0.2) is 47.9 Å². The molecule has 1 nitrogen and oxygen atoms in total. The molecule has 0 fully saturated rings. The first-order chi connectivity index (χ1) is 4.46. The highest BCUT2D eigenvalue weighted by Gasteiger charge is 2.19. The summed E-state index contributed by atoms with van der Waals surface area (Å²) in [4.78, 5) is 0. The van der Waals surface area contributed by atoms with Gasteiger partial charge in [-0.1, -0.05) is 26.2 Å². The maximum Gasteiger partial charge on any atom is 0.0695 e. The molecule has 0 saturated heterocycles. The summed E-state index contributed by atoms with van der Waals surface area (Å²) in [6.45, 7) is 10.0. The maximum absolute atomic E-state index is 2.72. The number of nitrogens with zero attached hydrogens (tertiary/aromatic N) is 1. The van der Waals surface area contributed by atoms with E-state index >= 15 is 0 Å². The van der Waals surface area contributed by atoms with Crippen molar-refractivity contribution < 1.29 is 0 Å². The number of rotatable bonds is 3. The van der Waals surface area contributed by atoms with E-state index in [1.807, 2.05) is 0 Å². The van der Waals surface area contributed by atoms with Crippen LogP contribution in [0.2, 0.25) is 26.2 Å². The Kier molecular flexibility index (Phi) is 5.04. The fraction of sp³-hybridized carbons (Fsp3) is 1.00. The van der Waals surface area contributed by atoms with Crippen molar-refractivity contribution in [3.05, 3.63) is 0 Å². The van der Waals surface area contributed by atoms with Crippen LogP contribution in [-0.2, 0) is 0 Å². The number of hydrogen-bond acceptors (Lipinski definition) is 1. The maximum atomic E-state index is 2.72. The molecule has 0 atom stereocenters. The SMILES string of the molecule is C[SiH](C)C(N([SiH3])[SiH3])[SiH](C)C. The average Bonchev–Trinajstić information content (AvgIpc) is 1.59. The van der Waals surface area contributed by atoms with Gasteiger partial charge in [-0.05, 0) is 5.29 Å². The van der Waals surface area contributed by atoms with Gasteiger partial charge in [-0.15, -0.1) is 0 Å². The van der Waals surface area contributed by atoms with Crippen LogP contribution in [0.3, 0.4) is 0 Å². The van der Waals surface area contributed by atoms with Crippen molar-refractivity contribution in [1.82, 2.24) is 4.23 Å². The Morgan fingerprint density at radius 1 is 1.00 bits per heavy atom. The van der Waals surface area contributed by atoms with E-state index in [1.165, 1.54) is 20.8 Å². The molecular formula is C5H21NSi4. The summed E-state index contributed by atoms with van der Waals surface area (Å²) in [5.74, 6) is 0. The molecule has 5 heteroatoms. The predicted molar refractivity (Wildman–Crippen MR) is 63.3 cm³/mol. The van der Waals surface area contributed by atoms with Gasteiger partial charge in [0.25, 0.3) is 0 Å². The third-order valence-electron chi connectivity index (χ3n) is 1.96. The summed E-state index contributed by atoms with van der Waals surface area (Å²) in [5.41, 5.74) is 0. The Morgan fingerprint density at radius 2 is 1.30 bits per heavy atom. The van der Waals surface area contributed by atoms with Crippen molar-refractivity contribution >= 4 is 38.4 Å². The molecule has 0 amide bonds. The summed E-state index contributed by atoms with van der Waals surface area (Å²) in [6, 6.07) is 0. The van der Waals surface area contributed by atoms with E-state index in [-0.39, 0.29) is 17.6 Å². The van der Waals surface area contributed by atoms with Gasteiger partial charge in [-0.3, -0.25) is 0 Å². The Balaban J connectivity index is 3.98. The van der Waals surface area contributed by atoms with Gasteiger partial charge < -0.3 is 4.23 Å². The van der Waals surface area contributed by atoms with E-state index in [0.717, 1.165) is 5.29 Å². The average molecular weight is 208 g/mol. The first-order valence-electron chi connectivity index (χ1n) is 4.13. The monoisotopic (exact) mass is 207 g/mol. The fourth-order valence-electron chi connectivity index (χ4n) is 1.96. The van der Waals surface area contributed by atoms with Gasteiger partial charge in [0.2, 0.25) is 0 Å². The third-order valence-corrected chi connectivity index (χ3v) is 14.1. The van der Waals surface area contributed by atoms with Crippen LogP contribution in [0.1, 0.15) is 0 Å². The second-order valence-electron chi connectivity index (χ2n) is 3.94. The lowest BCUT2D eigenvalue weighted by molar-refractivity contribution is 0.758. The standard InChI is InChI=1S/C5H21NSi4/c1-9(2)5(6(7)8)10(3)4/h5,9-10H,1-4,7-8H3. The molecule has 0 aromatic carbocycles. The molecule has 0 aromatic heterocycles. The molecule has 0 rings (SSSR count). The van der Waals surface area contributed by atoms with Crippen LogP contribution in [0, 0.1) is 0 Å². The minimum atomic E-state index is -0.344. The molecule has 0 aromatic rings. The highest BCUT2D eigenvalue weighted by atomic mass is 28.3. The Labute approximate surface area is 74.4 Å². The zero-order valence-electron chi connectivity index (χ0n) is 8.18. The van der Waals surface area contributed by atoms with Crippen molar-refractivity contribution in [1.29, 1.82) is 0 Å². The topological polar surface area (TPSA) is 3.24 Å². The first kappa shape index (κ1) is 10.8. The molecule has 10 heavy (non-hydrogen) atoms.